The van der Waals surface area contributed by atoms with Gasteiger partial charge >= 0.3 is 6.03 Å². The zero-order valence-corrected chi connectivity index (χ0v) is 18.0. The van der Waals surface area contributed by atoms with E-state index in [4.69, 9.17) is 25.8 Å². The van der Waals surface area contributed by atoms with Crippen molar-refractivity contribution in [3.05, 3.63) is 52.6 Å². The summed E-state index contributed by atoms with van der Waals surface area (Å²) >= 11 is 6.32. The predicted octanol–water partition coefficient (Wildman–Crippen LogP) is 3.81. The second-order valence-corrected chi connectivity index (χ2v) is 6.76. The Balaban J connectivity index is 2.01. The van der Waals surface area contributed by atoms with Crippen LogP contribution in [0, 0.1) is 0 Å². The lowest BCUT2D eigenvalue weighted by Gasteiger charge is -2.26. The minimum atomic E-state index is -0.836. The molecule has 0 spiro atoms. The number of hydrogen-bond donors (Lipinski definition) is 1. The van der Waals surface area contributed by atoms with E-state index in [-0.39, 0.29) is 10.6 Å². The Kier molecular flexibility index (Phi) is 6.81. The highest BCUT2D eigenvalue weighted by atomic mass is 35.5. The first-order valence-corrected chi connectivity index (χ1v) is 9.92. The largest absolute Gasteiger partial charge is 0.497 e. The van der Waals surface area contributed by atoms with Gasteiger partial charge in [0.25, 0.3) is 11.8 Å². The van der Waals surface area contributed by atoms with Crippen LogP contribution in [0.4, 0.5) is 10.5 Å². The van der Waals surface area contributed by atoms with Gasteiger partial charge < -0.3 is 14.2 Å². The van der Waals surface area contributed by atoms with Gasteiger partial charge in [0.15, 0.2) is 11.5 Å². The molecule has 0 radical (unpaired) electrons. The van der Waals surface area contributed by atoms with E-state index in [9.17, 15) is 14.4 Å². The number of imide groups is 2. The average Bonchev–Trinajstić information content (AvgIpc) is 2.74. The Bertz CT molecular complexity index is 1050. The van der Waals surface area contributed by atoms with Crippen LogP contribution in [0.1, 0.15) is 19.4 Å². The van der Waals surface area contributed by atoms with Crippen molar-refractivity contribution in [3.8, 4) is 17.2 Å². The van der Waals surface area contributed by atoms with Crippen LogP contribution in [0.3, 0.4) is 0 Å². The fourth-order valence-electron chi connectivity index (χ4n) is 3.01. The fraction of sp³-hybridized carbons (Fsp3) is 0.227. The van der Waals surface area contributed by atoms with Crippen molar-refractivity contribution >= 4 is 41.2 Å². The van der Waals surface area contributed by atoms with E-state index in [1.54, 1.807) is 36.4 Å². The highest BCUT2D eigenvalue weighted by Crippen LogP contribution is 2.37. The molecule has 0 aromatic heterocycles. The topological polar surface area (TPSA) is 94.2 Å². The SMILES string of the molecule is CCOc1cc(C=C2C(=O)NC(=O)N(c3ccc(OC)cc3)C2=O)cc(Cl)c1OCC. The van der Waals surface area contributed by atoms with Gasteiger partial charge in [0.05, 0.1) is 31.0 Å². The molecule has 8 nitrogen and oxygen atoms in total. The molecule has 0 unspecified atom stereocenters. The summed E-state index contributed by atoms with van der Waals surface area (Å²) in [6, 6.07) is 8.64. The highest BCUT2D eigenvalue weighted by molar-refractivity contribution is 6.39. The second kappa shape index (κ2) is 9.53. The zero-order valence-electron chi connectivity index (χ0n) is 17.2. The van der Waals surface area contributed by atoms with E-state index in [1.165, 1.54) is 13.2 Å². The molecule has 9 heteroatoms. The van der Waals surface area contributed by atoms with Crippen LogP contribution in [0.2, 0.25) is 5.02 Å². The molecular weight excluding hydrogens is 424 g/mol. The summed E-state index contributed by atoms with van der Waals surface area (Å²) in [6.45, 7) is 4.39. The first kappa shape index (κ1) is 22.2. The summed E-state index contributed by atoms with van der Waals surface area (Å²) in [5.41, 5.74) is 0.513. The maximum atomic E-state index is 13.0. The molecule has 0 atom stereocenters. The molecule has 1 fully saturated rings. The van der Waals surface area contributed by atoms with Crippen molar-refractivity contribution in [2.75, 3.05) is 25.2 Å². The lowest BCUT2D eigenvalue weighted by atomic mass is 10.1. The number of halogens is 1. The van der Waals surface area contributed by atoms with Crippen molar-refractivity contribution in [1.82, 2.24) is 5.32 Å². The molecule has 1 N–H and O–H groups in total. The summed E-state index contributed by atoms with van der Waals surface area (Å²) in [6.07, 6.45) is 1.35. The number of ether oxygens (including phenoxy) is 3. The normalized spacial score (nSPS) is 15.2. The number of urea groups is 1. The highest BCUT2D eigenvalue weighted by Gasteiger charge is 2.36. The molecule has 0 aliphatic carbocycles. The number of methoxy groups -OCH3 is 1. The molecule has 3 rings (SSSR count). The van der Waals surface area contributed by atoms with Crippen molar-refractivity contribution in [2.45, 2.75) is 13.8 Å². The monoisotopic (exact) mass is 444 g/mol. The van der Waals surface area contributed by atoms with Gasteiger partial charge in [-0.3, -0.25) is 14.9 Å². The van der Waals surface area contributed by atoms with Crippen LogP contribution in [0.15, 0.2) is 42.0 Å². The van der Waals surface area contributed by atoms with Gasteiger partial charge in [-0.05, 0) is 61.9 Å². The van der Waals surface area contributed by atoms with Crippen LogP contribution in [0.25, 0.3) is 6.08 Å². The van der Waals surface area contributed by atoms with Crippen molar-refractivity contribution in [3.63, 3.8) is 0 Å². The van der Waals surface area contributed by atoms with Crippen LogP contribution in [-0.2, 0) is 9.59 Å². The predicted molar refractivity (Wildman–Crippen MR) is 116 cm³/mol. The van der Waals surface area contributed by atoms with Gasteiger partial charge in [0, 0.05) is 0 Å². The second-order valence-electron chi connectivity index (χ2n) is 6.35. The van der Waals surface area contributed by atoms with Gasteiger partial charge in [-0.2, -0.15) is 0 Å². The molecule has 1 aliphatic heterocycles. The lowest BCUT2D eigenvalue weighted by Crippen LogP contribution is -2.54. The minimum Gasteiger partial charge on any atom is -0.497 e. The molecule has 162 valence electrons. The summed E-state index contributed by atoms with van der Waals surface area (Å²) in [5, 5.41) is 2.45. The first-order valence-electron chi connectivity index (χ1n) is 9.54. The summed E-state index contributed by atoms with van der Waals surface area (Å²) in [5.74, 6) is -0.240. The molecule has 2 aromatic rings. The van der Waals surface area contributed by atoms with E-state index in [0.29, 0.717) is 41.7 Å². The number of anilines is 1. The molecular formula is C22H21ClN2O6. The third kappa shape index (κ3) is 4.64. The zero-order chi connectivity index (χ0) is 22.5. The molecule has 2 aromatic carbocycles. The number of carbonyl (C=O) groups excluding carboxylic acids is 3. The molecule has 1 aliphatic rings. The number of nitrogens with one attached hydrogen (secondary N) is 1. The number of barbiturate groups is 1. The van der Waals surface area contributed by atoms with E-state index >= 15 is 0 Å². The number of rotatable bonds is 7. The van der Waals surface area contributed by atoms with Crippen molar-refractivity contribution < 1.29 is 28.6 Å². The summed E-state index contributed by atoms with van der Waals surface area (Å²) < 4.78 is 16.2. The number of carbonyl (C=O) groups is 3. The molecule has 1 heterocycles. The van der Waals surface area contributed by atoms with E-state index in [1.807, 2.05) is 13.8 Å². The Morgan fingerprint density at radius 2 is 1.71 bits per heavy atom. The summed E-state index contributed by atoms with van der Waals surface area (Å²) in [4.78, 5) is 38.6. The quantitative estimate of drug-likeness (QED) is 0.515. The molecule has 0 saturated carbocycles. The van der Waals surface area contributed by atoms with E-state index in [0.717, 1.165) is 4.90 Å². The van der Waals surface area contributed by atoms with Crippen LogP contribution < -0.4 is 24.4 Å². The average molecular weight is 445 g/mol. The van der Waals surface area contributed by atoms with Gasteiger partial charge in [-0.1, -0.05) is 11.6 Å². The van der Waals surface area contributed by atoms with Gasteiger partial charge in [0.1, 0.15) is 11.3 Å². The Hall–Kier alpha value is -3.52. The standard InChI is InChI=1S/C22H21ClN2O6/c1-4-30-18-12-13(11-17(23)19(18)31-5-2)10-16-20(26)24-22(28)25(21(16)27)14-6-8-15(29-3)9-7-14/h6-12H,4-5H2,1-3H3,(H,24,26,28). The third-order valence-corrected chi connectivity index (χ3v) is 4.64. The molecule has 4 amide bonds. The molecule has 0 bridgehead atoms. The molecule has 31 heavy (non-hydrogen) atoms. The maximum absolute atomic E-state index is 13.0. The lowest BCUT2D eigenvalue weighted by molar-refractivity contribution is -0.122. The van der Waals surface area contributed by atoms with Crippen molar-refractivity contribution in [1.29, 1.82) is 0 Å². The number of nitrogens with zero attached hydrogens (tertiary/aromatic N) is 1. The van der Waals surface area contributed by atoms with Crippen molar-refractivity contribution in [2.24, 2.45) is 0 Å². The van der Waals surface area contributed by atoms with Gasteiger partial charge in [0.2, 0.25) is 0 Å². The number of amides is 4. The van der Waals surface area contributed by atoms with Gasteiger partial charge in [-0.15, -0.1) is 0 Å². The van der Waals surface area contributed by atoms with Crippen LogP contribution in [-0.4, -0.2) is 38.2 Å². The number of hydrogen-bond acceptors (Lipinski definition) is 6. The maximum Gasteiger partial charge on any atom is 0.335 e. The minimum absolute atomic E-state index is 0.224. The third-order valence-electron chi connectivity index (χ3n) is 4.36. The summed E-state index contributed by atoms with van der Waals surface area (Å²) in [7, 11) is 1.51. The Morgan fingerprint density at radius 1 is 1.03 bits per heavy atom. The van der Waals surface area contributed by atoms with E-state index < -0.39 is 17.8 Å². The van der Waals surface area contributed by atoms with Crippen LogP contribution >= 0.6 is 11.6 Å². The van der Waals surface area contributed by atoms with Crippen LogP contribution in [0.5, 0.6) is 17.2 Å². The van der Waals surface area contributed by atoms with E-state index in [2.05, 4.69) is 5.32 Å². The Labute approximate surface area is 184 Å². The van der Waals surface area contributed by atoms with Gasteiger partial charge in [-0.25, -0.2) is 9.69 Å². The first-order chi connectivity index (χ1) is 14.9. The number of benzene rings is 2. The fourth-order valence-corrected chi connectivity index (χ4v) is 3.28. The molecule has 1 saturated heterocycles. The Morgan fingerprint density at radius 3 is 2.32 bits per heavy atom. The smallest absolute Gasteiger partial charge is 0.335 e.